The summed E-state index contributed by atoms with van der Waals surface area (Å²) in [6, 6.07) is 6.48. The van der Waals surface area contributed by atoms with E-state index in [1.54, 1.807) is 18.2 Å². The molecule has 0 radical (unpaired) electrons. The van der Waals surface area contributed by atoms with E-state index in [1.165, 1.54) is 7.11 Å². The summed E-state index contributed by atoms with van der Waals surface area (Å²) < 4.78 is 44.8. The van der Waals surface area contributed by atoms with Gasteiger partial charge in [-0.1, -0.05) is 6.07 Å². The van der Waals surface area contributed by atoms with Crippen LogP contribution in [-0.2, 0) is 6.54 Å². The van der Waals surface area contributed by atoms with Crippen molar-refractivity contribution in [1.82, 2.24) is 5.32 Å². The van der Waals surface area contributed by atoms with Crippen LogP contribution < -0.4 is 10.1 Å². The third-order valence-corrected chi connectivity index (χ3v) is 3.53. The van der Waals surface area contributed by atoms with Gasteiger partial charge in [0.2, 0.25) is 0 Å². The maximum absolute atomic E-state index is 13.1. The molecule has 7 heteroatoms. The van der Waals surface area contributed by atoms with Gasteiger partial charge in [-0.05, 0) is 45.8 Å². The second-order valence-corrected chi connectivity index (χ2v) is 5.26. The molecule has 0 saturated carbocycles. The Morgan fingerprint density at radius 3 is 2.36 bits per heavy atom. The van der Waals surface area contributed by atoms with Crippen LogP contribution in [-0.4, -0.2) is 13.0 Å². The molecule has 22 heavy (non-hydrogen) atoms. The molecule has 2 aromatic rings. The number of nitrogens with one attached hydrogen (secondary N) is 1. The van der Waals surface area contributed by atoms with E-state index in [4.69, 9.17) is 4.74 Å². The van der Waals surface area contributed by atoms with Gasteiger partial charge in [0, 0.05) is 12.1 Å². The van der Waals surface area contributed by atoms with E-state index < -0.39 is 23.4 Å². The maximum atomic E-state index is 13.1. The number of benzene rings is 2. The largest absolute Gasteiger partial charge is 0.496 e. The van der Waals surface area contributed by atoms with Gasteiger partial charge in [-0.2, -0.15) is 0 Å². The molecule has 0 heterocycles. The molecule has 0 bridgehead atoms. The highest BCUT2D eigenvalue weighted by atomic mass is 79.9. The van der Waals surface area contributed by atoms with Crippen molar-refractivity contribution < 1.29 is 22.7 Å². The molecule has 0 aliphatic heterocycles. The molecule has 0 saturated heterocycles. The maximum Gasteiger partial charge on any atom is 0.251 e. The Hall–Kier alpha value is -2.02. The molecule has 0 aliphatic rings. The molecular weight excluding hydrogens is 363 g/mol. The Labute approximate surface area is 133 Å². The monoisotopic (exact) mass is 373 g/mol. The highest BCUT2D eigenvalue weighted by molar-refractivity contribution is 9.10. The lowest BCUT2D eigenvalue weighted by atomic mass is 10.1. The molecule has 0 aromatic heterocycles. The normalized spacial score (nSPS) is 10.4. The van der Waals surface area contributed by atoms with Crippen LogP contribution in [0, 0.1) is 17.5 Å². The SMILES string of the molecule is COc1ccc(CNC(=O)c2cc(F)c(F)c(F)c2)cc1Br. The summed E-state index contributed by atoms with van der Waals surface area (Å²) in [6.45, 7) is 0.141. The van der Waals surface area contributed by atoms with Crippen LogP contribution in [0.2, 0.25) is 0 Å². The molecule has 0 aliphatic carbocycles. The van der Waals surface area contributed by atoms with E-state index in [9.17, 15) is 18.0 Å². The minimum absolute atomic E-state index is 0.141. The third kappa shape index (κ3) is 3.59. The third-order valence-electron chi connectivity index (χ3n) is 2.92. The summed E-state index contributed by atoms with van der Waals surface area (Å²) in [5.74, 6) is -4.48. The number of hydrogen-bond donors (Lipinski definition) is 1. The first-order valence-corrected chi connectivity index (χ1v) is 6.97. The van der Waals surface area contributed by atoms with Gasteiger partial charge in [-0.3, -0.25) is 4.79 Å². The molecule has 0 spiro atoms. The second-order valence-electron chi connectivity index (χ2n) is 4.41. The number of amides is 1. The van der Waals surface area contributed by atoms with Crippen LogP contribution in [0.15, 0.2) is 34.8 Å². The number of halogens is 4. The van der Waals surface area contributed by atoms with Gasteiger partial charge < -0.3 is 10.1 Å². The molecule has 116 valence electrons. The lowest BCUT2D eigenvalue weighted by Crippen LogP contribution is -2.23. The predicted molar refractivity (Wildman–Crippen MR) is 78.2 cm³/mol. The molecular formula is C15H11BrF3NO2. The Morgan fingerprint density at radius 1 is 1.18 bits per heavy atom. The number of carbonyl (C=O) groups excluding carboxylic acids is 1. The summed E-state index contributed by atoms with van der Waals surface area (Å²) in [5.41, 5.74) is 0.466. The minimum Gasteiger partial charge on any atom is -0.496 e. The zero-order chi connectivity index (χ0) is 16.3. The van der Waals surface area contributed by atoms with E-state index in [2.05, 4.69) is 21.2 Å². The van der Waals surface area contributed by atoms with Gasteiger partial charge in [-0.15, -0.1) is 0 Å². The van der Waals surface area contributed by atoms with Gasteiger partial charge in [-0.25, -0.2) is 13.2 Å². The lowest BCUT2D eigenvalue weighted by Gasteiger charge is -2.08. The molecule has 0 unspecified atom stereocenters. The van der Waals surface area contributed by atoms with E-state index >= 15 is 0 Å². The van der Waals surface area contributed by atoms with Crippen molar-refractivity contribution in [2.24, 2.45) is 0 Å². The van der Waals surface area contributed by atoms with E-state index in [-0.39, 0.29) is 12.1 Å². The Balaban J connectivity index is 2.08. The zero-order valence-electron chi connectivity index (χ0n) is 11.4. The number of ether oxygens (including phenoxy) is 1. The highest BCUT2D eigenvalue weighted by Crippen LogP contribution is 2.25. The Kier molecular flexibility index (Phi) is 5.07. The smallest absolute Gasteiger partial charge is 0.251 e. The van der Waals surface area contributed by atoms with Crippen LogP contribution in [0.4, 0.5) is 13.2 Å². The van der Waals surface area contributed by atoms with Gasteiger partial charge in [0.05, 0.1) is 11.6 Å². The van der Waals surface area contributed by atoms with Crippen LogP contribution in [0.25, 0.3) is 0 Å². The average molecular weight is 374 g/mol. The average Bonchev–Trinajstić information content (AvgIpc) is 2.49. The number of hydrogen-bond acceptors (Lipinski definition) is 2. The van der Waals surface area contributed by atoms with Gasteiger partial charge in [0.1, 0.15) is 5.75 Å². The molecule has 0 fully saturated rings. The summed E-state index contributed by atoms with van der Waals surface area (Å²) in [4.78, 5) is 11.8. The summed E-state index contributed by atoms with van der Waals surface area (Å²) in [5, 5.41) is 2.50. The molecule has 2 rings (SSSR count). The molecule has 1 N–H and O–H groups in total. The van der Waals surface area contributed by atoms with Gasteiger partial charge in [0.15, 0.2) is 17.5 Å². The van der Waals surface area contributed by atoms with Crippen LogP contribution >= 0.6 is 15.9 Å². The molecule has 1 amide bonds. The summed E-state index contributed by atoms with van der Waals surface area (Å²) in [7, 11) is 1.53. The van der Waals surface area contributed by atoms with Crippen LogP contribution in [0.5, 0.6) is 5.75 Å². The topological polar surface area (TPSA) is 38.3 Å². The number of methoxy groups -OCH3 is 1. The molecule has 0 atom stereocenters. The van der Waals surface area contributed by atoms with Crippen LogP contribution in [0.1, 0.15) is 15.9 Å². The van der Waals surface area contributed by atoms with Crippen molar-refractivity contribution in [1.29, 1.82) is 0 Å². The quantitative estimate of drug-likeness (QED) is 0.827. The van der Waals surface area contributed by atoms with Crippen LogP contribution in [0.3, 0.4) is 0 Å². The molecule has 2 aromatic carbocycles. The van der Waals surface area contributed by atoms with Crippen molar-refractivity contribution in [3.8, 4) is 5.75 Å². The predicted octanol–water partition coefficient (Wildman–Crippen LogP) is 3.81. The first-order valence-electron chi connectivity index (χ1n) is 6.17. The van der Waals surface area contributed by atoms with Crippen molar-refractivity contribution in [3.05, 3.63) is 63.4 Å². The number of carbonyl (C=O) groups is 1. The second kappa shape index (κ2) is 6.83. The fourth-order valence-corrected chi connectivity index (χ4v) is 2.38. The van der Waals surface area contributed by atoms with E-state index in [0.717, 1.165) is 5.56 Å². The Morgan fingerprint density at radius 2 is 1.82 bits per heavy atom. The number of rotatable bonds is 4. The van der Waals surface area contributed by atoms with Crippen molar-refractivity contribution in [2.45, 2.75) is 6.54 Å². The van der Waals surface area contributed by atoms with Crippen molar-refractivity contribution >= 4 is 21.8 Å². The van der Waals surface area contributed by atoms with Gasteiger partial charge >= 0.3 is 0 Å². The highest BCUT2D eigenvalue weighted by Gasteiger charge is 2.15. The standard InChI is InChI=1S/C15H11BrF3NO2/c1-22-13-3-2-8(4-10(13)16)7-20-15(21)9-5-11(17)14(19)12(18)6-9/h2-6H,7H2,1H3,(H,20,21). The first kappa shape index (κ1) is 16.4. The summed E-state index contributed by atoms with van der Waals surface area (Å²) in [6.07, 6.45) is 0. The minimum atomic E-state index is -1.60. The fourth-order valence-electron chi connectivity index (χ4n) is 1.79. The van der Waals surface area contributed by atoms with E-state index in [0.29, 0.717) is 22.4 Å². The van der Waals surface area contributed by atoms with Crippen molar-refractivity contribution in [2.75, 3.05) is 7.11 Å². The van der Waals surface area contributed by atoms with Crippen molar-refractivity contribution in [3.63, 3.8) is 0 Å². The molecule has 3 nitrogen and oxygen atoms in total. The first-order chi connectivity index (χ1) is 10.4. The zero-order valence-corrected chi connectivity index (χ0v) is 13.0. The van der Waals surface area contributed by atoms with E-state index in [1.807, 2.05) is 0 Å². The fraction of sp³-hybridized carbons (Fsp3) is 0.133. The lowest BCUT2D eigenvalue weighted by molar-refractivity contribution is 0.0949. The Bertz CT molecular complexity index is 699. The summed E-state index contributed by atoms with van der Waals surface area (Å²) >= 11 is 3.31. The van der Waals surface area contributed by atoms with Gasteiger partial charge in [0.25, 0.3) is 5.91 Å².